The van der Waals surface area contributed by atoms with Gasteiger partial charge >= 0.3 is 12.1 Å². The Morgan fingerprint density at radius 3 is 2.52 bits per heavy atom. The average molecular weight is 382 g/mol. The highest BCUT2D eigenvalue weighted by atomic mass is 19.4. The monoisotopic (exact) mass is 382 g/mol. The van der Waals surface area contributed by atoms with E-state index in [1.54, 1.807) is 12.4 Å². The molecule has 3 rings (SSSR count). The van der Waals surface area contributed by atoms with Crippen LogP contribution in [0, 0.1) is 0 Å². The SMILES string of the molecule is CC(NCc1ccn[nH]1)c1cnnn1-c1ccccc1.O=C(O)C(F)(F)F. The van der Waals surface area contributed by atoms with Gasteiger partial charge in [-0.3, -0.25) is 5.10 Å². The topological polar surface area (TPSA) is 109 Å². The molecule has 0 aliphatic carbocycles. The van der Waals surface area contributed by atoms with E-state index in [9.17, 15) is 13.2 Å². The van der Waals surface area contributed by atoms with Gasteiger partial charge in [0, 0.05) is 24.5 Å². The second-order valence-corrected chi connectivity index (χ2v) is 5.39. The molecular weight excluding hydrogens is 365 g/mol. The predicted octanol–water partition coefficient (Wildman–Crippen LogP) is 2.47. The fourth-order valence-electron chi connectivity index (χ4n) is 2.06. The van der Waals surface area contributed by atoms with Crippen LogP contribution in [0.25, 0.3) is 5.69 Å². The summed E-state index contributed by atoms with van der Waals surface area (Å²) in [6, 6.07) is 12.1. The Morgan fingerprint density at radius 1 is 1.30 bits per heavy atom. The summed E-state index contributed by atoms with van der Waals surface area (Å²) >= 11 is 0. The standard InChI is InChI=1S/C14H16N6.C2HF3O2/c1-11(15-9-12-7-8-16-18-12)14-10-17-19-20(14)13-5-3-2-4-6-13;3-2(4,5)1(6)7/h2-8,10-11,15H,9H2,1H3,(H,16,18);(H,6,7). The van der Waals surface area contributed by atoms with E-state index in [0.29, 0.717) is 0 Å². The van der Waals surface area contributed by atoms with Crippen LogP contribution in [0.5, 0.6) is 0 Å². The largest absolute Gasteiger partial charge is 0.490 e. The lowest BCUT2D eigenvalue weighted by Crippen LogP contribution is -2.21. The molecule has 0 amide bonds. The van der Waals surface area contributed by atoms with Crippen molar-refractivity contribution in [2.45, 2.75) is 25.7 Å². The van der Waals surface area contributed by atoms with Crippen molar-refractivity contribution < 1.29 is 23.1 Å². The van der Waals surface area contributed by atoms with Crippen LogP contribution in [0.1, 0.15) is 24.4 Å². The number of aromatic nitrogens is 5. The highest BCUT2D eigenvalue weighted by molar-refractivity contribution is 5.73. The van der Waals surface area contributed by atoms with Crippen LogP contribution in [0.4, 0.5) is 13.2 Å². The van der Waals surface area contributed by atoms with Gasteiger partial charge in [0.1, 0.15) is 0 Å². The number of halogens is 3. The third kappa shape index (κ3) is 5.92. The van der Waals surface area contributed by atoms with Gasteiger partial charge in [-0.1, -0.05) is 23.4 Å². The van der Waals surface area contributed by atoms with E-state index in [2.05, 4.69) is 32.7 Å². The van der Waals surface area contributed by atoms with E-state index in [-0.39, 0.29) is 6.04 Å². The zero-order valence-corrected chi connectivity index (χ0v) is 14.2. The summed E-state index contributed by atoms with van der Waals surface area (Å²) in [5.74, 6) is -2.76. The molecule has 0 spiro atoms. The van der Waals surface area contributed by atoms with Crippen molar-refractivity contribution in [3.8, 4) is 5.69 Å². The Morgan fingerprint density at radius 2 is 1.96 bits per heavy atom. The number of nitrogens with one attached hydrogen (secondary N) is 2. The lowest BCUT2D eigenvalue weighted by Gasteiger charge is -2.14. The molecule has 0 aliphatic heterocycles. The number of aliphatic carboxylic acids is 1. The van der Waals surface area contributed by atoms with Gasteiger partial charge in [-0.15, -0.1) is 5.10 Å². The fraction of sp³-hybridized carbons (Fsp3) is 0.250. The number of para-hydroxylation sites is 1. The maximum atomic E-state index is 10.6. The van der Waals surface area contributed by atoms with Crippen molar-refractivity contribution in [1.29, 1.82) is 0 Å². The van der Waals surface area contributed by atoms with Gasteiger partial charge in [0.05, 0.1) is 17.6 Å². The van der Waals surface area contributed by atoms with E-state index in [4.69, 9.17) is 9.90 Å². The molecule has 0 saturated heterocycles. The highest BCUT2D eigenvalue weighted by Crippen LogP contribution is 2.16. The molecule has 0 radical (unpaired) electrons. The molecule has 0 fully saturated rings. The minimum Gasteiger partial charge on any atom is -0.475 e. The fourth-order valence-corrected chi connectivity index (χ4v) is 2.06. The number of carboxylic acids is 1. The highest BCUT2D eigenvalue weighted by Gasteiger charge is 2.38. The number of carbonyl (C=O) groups is 1. The zero-order valence-electron chi connectivity index (χ0n) is 14.2. The summed E-state index contributed by atoms with van der Waals surface area (Å²) in [5, 5.41) is 25.6. The van der Waals surface area contributed by atoms with E-state index in [0.717, 1.165) is 23.6 Å². The second kappa shape index (κ2) is 8.94. The van der Waals surface area contributed by atoms with Crippen LogP contribution in [0.3, 0.4) is 0 Å². The van der Waals surface area contributed by atoms with Crippen LogP contribution in [0.2, 0.25) is 0 Å². The summed E-state index contributed by atoms with van der Waals surface area (Å²) < 4.78 is 33.6. The number of rotatable bonds is 5. The Bertz CT molecular complexity index is 833. The van der Waals surface area contributed by atoms with Crippen molar-refractivity contribution in [3.05, 3.63) is 60.2 Å². The minimum atomic E-state index is -5.08. The average Bonchev–Trinajstić information content (AvgIpc) is 3.32. The first-order valence-corrected chi connectivity index (χ1v) is 7.77. The van der Waals surface area contributed by atoms with Crippen molar-refractivity contribution in [3.63, 3.8) is 0 Å². The quantitative estimate of drug-likeness (QED) is 0.626. The summed E-state index contributed by atoms with van der Waals surface area (Å²) in [5.41, 5.74) is 3.08. The molecule has 0 saturated carbocycles. The summed E-state index contributed by atoms with van der Waals surface area (Å²) in [7, 11) is 0. The molecule has 1 unspecified atom stereocenters. The van der Waals surface area contributed by atoms with Gasteiger partial charge in [0.25, 0.3) is 0 Å². The molecule has 0 bridgehead atoms. The Balaban J connectivity index is 0.000000321. The van der Waals surface area contributed by atoms with Crippen LogP contribution >= 0.6 is 0 Å². The van der Waals surface area contributed by atoms with E-state index in [1.165, 1.54) is 0 Å². The molecule has 1 atom stereocenters. The predicted molar refractivity (Wildman–Crippen MR) is 88.9 cm³/mol. The van der Waals surface area contributed by atoms with Gasteiger partial charge < -0.3 is 10.4 Å². The maximum absolute atomic E-state index is 10.6. The third-order valence-electron chi connectivity index (χ3n) is 3.42. The molecule has 3 aromatic rings. The van der Waals surface area contributed by atoms with Gasteiger partial charge in [-0.05, 0) is 25.1 Å². The maximum Gasteiger partial charge on any atom is 0.490 e. The molecule has 3 N–H and O–H groups in total. The second-order valence-electron chi connectivity index (χ2n) is 5.39. The van der Waals surface area contributed by atoms with Gasteiger partial charge in [-0.25, -0.2) is 9.48 Å². The lowest BCUT2D eigenvalue weighted by molar-refractivity contribution is -0.192. The first-order chi connectivity index (χ1) is 12.8. The third-order valence-corrected chi connectivity index (χ3v) is 3.42. The summed E-state index contributed by atoms with van der Waals surface area (Å²) in [6.07, 6.45) is -1.55. The molecule has 0 aliphatic rings. The Hall–Kier alpha value is -3.21. The Labute approximate surface area is 152 Å². The van der Waals surface area contributed by atoms with Crippen molar-refractivity contribution in [2.24, 2.45) is 0 Å². The number of benzene rings is 1. The molecule has 8 nitrogen and oxygen atoms in total. The number of hydrogen-bond donors (Lipinski definition) is 3. The van der Waals surface area contributed by atoms with E-state index >= 15 is 0 Å². The van der Waals surface area contributed by atoms with Gasteiger partial charge in [0.15, 0.2) is 0 Å². The first-order valence-electron chi connectivity index (χ1n) is 7.77. The first kappa shape index (κ1) is 20.1. The van der Waals surface area contributed by atoms with Crippen molar-refractivity contribution in [2.75, 3.05) is 0 Å². The molecule has 2 heterocycles. The normalized spacial score (nSPS) is 12.1. The van der Waals surface area contributed by atoms with Crippen LogP contribution in [-0.2, 0) is 11.3 Å². The zero-order chi connectivity index (χ0) is 19.9. The van der Waals surface area contributed by atoms with Crippen molar-refractivity contribution in [1.82, 2.24) is 30.5 Å². The van der Waals surface area contributed by atoms with Crippen molar-refractivity contribution >= 4 is 5.97 Å². The van der Waals surface area contributed by atoms with Crippen LogP contribution in [-0.4, -0.2) is 42.4 Å². The smallest absolute Gasteiger partial charge is 0.475 e. The van der Waals surface area contributed by atoms with Crippen LogP contribution in [0.15, 0.2) is 48.8 Å². The molecule has 27 heavy (non-hydrogen) atoms. The van der Waals surface area contributed by atoms with Crippen LogP contribution < -0.4 is 5.32 Å². The number of hydrogen-bond acceptors (Lipinski definition) is 5. The summed E-state index contributed by atoms with van der Waals surface area (Å²) in [6.45, 7) is 2.82. The molecule has 144 valence electrons. The molecule has 1 aromatic carbocycles. The summed E-state index contributed by atoms with van der Waals surface area (Å²) in [4.78, 5) is 8.90. The van der Waals surface area contributed by atoms with E-state index < -0.39 is 12.1 Å². The number of alkyl halides is 3. The van der Waals surface area contributed by atoms with E-state index in [1.807, 2.05) is 41.1 Å². The Kier molecular flexibility index (Phi) is 6.66. The lowest BCUT2D eigenvalue weighted by atomic mass is 10.2. The van der Waals surface area contributed by atoms with Gasteiger partial charge in [-0.2, -0.15) is 18.3 Å². The molecule has 11 heteroatoms. The number of H-pyrrole nitrogens is 1. The number of carboxylic acid groups (broad SMARTS) is 1. The molecule has 2 aromatic heterocycles. The number of nitrogens with zero attached hydrogens (tertiary/aromatic N) is 4. The minimum absolute atomic E-state index is 0.133. The number of aromatic amines is 1. The van der Waals surface area contributed by atoms with Gasteiger partial charge in [0.2, 0.25) is 0 Å². The molecular formula is C16H17F3N6O2.